The second-order valence-corrected chi connectivity index (χ2v) is 6.69. The van der Waals surface area contributed by atoms with Crippen LogP contribution in [0.15, 0.2) is 12.7 Å². The molecule has 0 saturated heterocycles. The lowest BCUT2D eigenvalue weighted by molar-refractivity contribution is -0.139. The van der Waals surface area contributed by atoms with Crippen LogP contribution in [-0.4, -0.2) is 22.8 Å². The van der Waals surface area contributed by atoms with E-state index in [9.17, 15) is 14.7 Å². The Hall–Kier alpha value is -0.960. The summed E-state index contributed by atoms with van der Waals surface area (Å²) in [5, 5.41) is 10.6. The summed E-state index contributed by atoms with van der Waals surface area (Å²) in [5.41, 5.74) is -0.896. The Bertz CT molecular complexity index is 357. The van der Waals surface area contributed by atoms with Gasteiger partial charge in [-0.2, -0.15) is 0 Å². The summed E-state index contributed by atoms with van der Waals surface area (Å²) in [6.45, 7) is 14.8. The third-order valence-electron chi connectivity index (χ3n) is 4.63. The van der Waals surface area contributed by atoms with Crippen molar-refractivity contribution in [3.63, 3.8) is 0 Å². The van der Waals surface area contributed by atoms with E-state index in [0.29, 0.717) is 5.92 Å². The quantitative estimate of drug-likeness (QED) is 0.521. The van der Waals surface area contributed by atoms with Crippen molar-refractivity contribution in [2.75, 3.05) is 0 Å². The van der Waals surface area contributed by atoms with E-state index < -0.39 is 11.5 Å². The molecule has 0 radical (unpaired) electrons. The highest BCUT2D eigenvalue weighted by atomic mass is 16.3. The van der Waals surface area contributed by atoms with Crippen LogP contribution in [0.3, 0.4) is 0 Å². The molecular weight excluding hydrogens is 252 g/mol. The van der Waals surface area contributed by atoms with Crippen LogP contribution in [0.4, 0.5) is 0 Å². The van der Waals surface area contributed by atoms with Crippen molar-refractivity contribution in [3.8, 4) is 0 Å². The lowest BCUT2D eigenvalue weighted by Gasteiger charge is -2.37. The first kappa shape index (κ1) is 19.0. The molecule has 0 saturated carbocycles. The second kappa shape index (κ2) is 7.72. The number of carbonyl (C=O) groups excluding carboxylic acids is 2. The highest BCUT2D eigenvalue weighted by molar-refractivity contribution is 6.00. The maximum Gasteiger partial charge on any atom is 0.148 e. The minimum Gasteiger partial charge on any atom is -0.392 e. The molecule has 3 heteroatoms. The Morgan fingerprint density at radius 2 is 1.70 bits per heavy atom. The zero-order valence-electron chi connectivity index (χ0n) is 13.8. The molecule has 0 aliphatic carbocycles. The topological polar surface area (TPSA) is 54.4 Å². The van der Waals surface area contributed by atoms with Gasteiger partial charge in [-0.15, -0.1) is 6.58 Å². The summed E-state index contributed by atoms with van der Waals surface area (Å²) in [7, 11) is 0. The molecule has 0 fully saturated rings. The molecule has 0 aromatic rings. The maximum atomic E-state index is 12.1. The molecule has 4 atom stereocenters. The van der Waals surface area contributed by atoms with Crippen LogP contribution in [0, 0.1) is 23.2 Å². The minimum atomic E-state index is -0.896. The van der Waals surface area contributed by atoms with Crippen LogP contribution >= 0.6 is 0 Å². The van der Waals surface area contributed by atoms with Gasteiger partial charge in [0.25, 0.3) is 0 Å². The average molecular weight is 282 g/mol. The molecule has 20 heavy (non-hydrogen) atoms. The molecule has 0 aromatic heterocycles. The maximum absolute atomic E-state index is 12.1. The molecule has 0 unspecified atom stereocenters. The van der Waals surface area contributed by atoms with E-state index in [4.69, 9.17) is 0 Å². The Labute approximate surface area is 123 Å². The second-order valence-electron chi connectivity index (χ2n) is 6.69. The molecule has 0 amide bonds. The Balaban J connectivity index is 4.93. The van der Waals surface area contributed by atoms with E-state index in [1.54, 1.807) is 13.8 Å². The largest absolute Gasteiger partial charge is 0.392 e. The van der Waals surface area contributed by atoms with E-state index in [1.165, 1.54) is 6.92 Å². The van der Waals surface area contributed by atoms with Crippen LogP contribution in [0.2, 0.25) is 0 Å². The summed E-state index contributed by atoms with van der Waals surface area (Å²) in [5.74, 6) is 0.308. The standard InChI is InChI=1S/C17H30O3/c1-8-9-11(2)13(4)14(5)16(20)17(6,7)15(19)10-12(3)18/h8,11,13-14,16,20H,1,9-10H2,2-7H3/t11-,13-,14+,16-/m0/s1. The molecule has 3 nitrogen and oxygen atoms in total. The van der Waals surface area contributed by atoms with Gasteiger partial charge in [-0.25, -0.2) is 0 Å². The van der Waals surface area contributed by atoms with Gasteiger partial charge in [-0.3, -0.25) is 9.59 Å². The van der Waals surface area contributed by atoms with Crippen molar-refractivity contribution in [3.05, 3.63) is 12.7 Å². The summed E-state index contributed by atoms with van der Waals surface area (Å²) in [6.07, 6.45) is 1.91. The van der Waals surface area contributed by atoms with Gasteiger partial charge in [0.2, 0.25) is 0 Å². The van der Waals surface area contributed by atoms with Crippen LogP contribution in [0.1, 0.15) is 54.4 Å². The van der Waals surface area contributed by atoms with Crippen molar-refractivity contribution in [1.29, 1.82) is 0 Å². The number of Topliss-reactive ketones (excluding diaryl/α,β-unsaturated/α-hetero) is 2. The van der Waals surface area contributed by atoms with Gasteiger partial charge < -0.3 is 5.11 Å². The third-order valence-corrected chi connectivity index (χ3v) is 4.63. The fourth-order valence-electron chi connectivity index (χ4n) is 2.56. The highest BCUT2D eigenvalue weighted by Crippen LogP contribution is 2.35. The average Bonchev–Trinajstić information content (AvgIpc) is 2.35. The van der Waals surface area contributed by atoms with Crippen molar-refractivity contribution < 1.29 is 14.7 Å². The SMILES string of the molecule is C=CC[C@H](C)[C@H](C)[C@@H](C)[C@H](O)C(C)(C)C(=O)CC(C)=O. The Morgan fingerprint density at radius 3 is 2.10 bits per heavy atom. The molecule has 0 heterocycles. The van der Waals surface area contributed by atoms with Crippen molar-refractivity contribution in [2.24, 2.45) is 23.2 Å². The van der Waals surface area contributed by atoms with Gasteiger partial charge in [-0.1, -0.05) is 40.7 Å². The lowest BCUT2D eigenvalue weighted by atomic mass is 9.70. The fourth-order valence-corrected chi connectivity index (χ4v) is 2.56. The number of hydrogen-bond acceptors (Lipinski definition) is 3. The molecule has 0 spiro atoms. The first-order valence-corrected chi connectivity index (χ1v) is 7.37. The van der Waals surface area contributed by atoms with E-state index in [1.807, 2.05) is 13.0 Å². The predicted octanol–water partition coefficient (Wildman–Crippen LogP) is 3.41. The van der Waals surface area contributed by atoms with Gasteiger partial charge >= 0.3 is 0 Å². The minimum absolute atomic E-state index is 0.0177. The molecule has 116 valence electrons. The Kier molecular flexibility index (Phi) is 7.35. The van der Waals surface area contributed by atoms with Crippen LogP contribution in [0.25, 0.3) is 0 Å². The van der Waals surface area contributed by atoms with Gasteiger partial charge in [0.15, 0.2) is 0 Å². The highest BCUT2D eigenvalue weighted by Gasteiger charge is 2.40. The number of aliphatic hydroxyl groups is 1. The summed E-state index contributed by atoms with van der Waals surface area (Å²) in [4.78, 5) is 23.2. The number of allylic oxidation sites excluding steroid dienone is 1. The molecule has 0 aliphatic heterocycles. The summed E-state index contributed by atoms with van der Waals surface area (Å²) < 4.78 is 0. The fraction of sp³-hybridized carbons (Fsp3) is 0.765. The first-order chi connectivity index (χ1) is 9.05. The van der Waals surface area contributed by atoms with Crippen LogP contribution in [-0.2, 0) is 9.59 Å². The monoisotopic (exact) mass is 282 g/mol. The van der Waals surface area contributed by atoms with Gasteiger partial charge in [-0.05, 0) is 31.1 Å². The zero-order valence-corrected chi connectivity index (χ0v) is 13.8. The van der Waals surface area contributed by atoms with Gasteiger partial charge in [0.1, 0.15) is 11.6 Å². The lowest BCUT2D eigenvalue weighted by Crippen LogP contribution is -2.44. The number of rotatable bonds is 9. The molecule has 1 N–H and O–H groups in total. The third kappa shape index (κ3) is 4.86. The van der Waals surface area contributed by atoms with E-state index in [-0.39, 0.29) is 29.8 Å². The first-order valence-electron chi connectivity index (χ1n) is 7.37. The molecule has 0 bridgehead atoms. The molecule has 0 rings (SSSR count). The van der Waals surface area contributed by atoms with Gasteiger partial charge in [0.05, 0.1) is 12.5 Å². The van der Waals surface area contributed by atoms with Crippen molar-refractivity contribution in [2.45, 2.75) is 60.5 Å². The Morgan fingerprint density at radius 1 is 1.20 bits per heavy atom. The molecule has 0 aromatic carbocycles. The van der Waals surface area contributed by atoms with Crippen molar-refractivity contribution in [1.82, 2.24) is 0 Å². The number of aliphatic hydroxyl groups excluding tert-OH is 1. The van der Waals surface area contributed by atoms with Crippen LogP contribution < -0.4 is 0 Å². The summed E-state index contributed by atoms with van der Waals surface area (Å²) in [6, 6.07) is 0. The smallest absolute Gasteiger partial charge is 0.148 e. The van der Waals surface area contributed by atoms with Gasteiger partial charge in [0, 0.05) is 5.41 Å². The van der Waals surface area contributed by atoms with E-state index >= 15 is 0 Å². The van der Waals surface area contributed by atoms with Crippen LogP contribution in [0.5, 0.6) is 0 Å². The molecule has 0 aliphatic rings. The number of carbonyl (C=O) groups is 2. The number of hydrogen-bond donors (Lipinski definition) is 1. The van der Waals surface area contributed by atoms with Crippen molar-refractivity contribution >= 4 is 11.6 Å². The van der Waals surface area contributed by atoms with E-state index in [2.05, 4.69) is 20.4 Å². The molecular formula is C17H30O3. The number of ketones is 2. The normalized spacial score (nSPS) is 17.9. The predicted molar refractivity (Wildman–Crippen MR) is 82.4 cm³/mol. The zero-order chi connectivity index (χ0) is 16.1. The van der Waals surface area contributed by atoms with E-state index in [0.717, 1.165) is 6.42 Å². The summed E-state index contributed by atoms with van der Waals surface area (Å²) >= 11 is 0.